The predicted octanol–water partition coefficient (Wildman–Crippen LogP) is 6.65. The molecular formula is C37H39F4N7O6. The van der Waals surface area contributed by atoms with Crippen molar-refractivity contribution in [3.63, 3.8) is 0 Å². The van der Waals surface area contributed by atoms with Gasteiger partial charge in [-0.3, -0.25) is 14.7 Å². The lowest BCUT2D eigenvalue weighted by Gasteiger charge is -2.23. The molecule has 0 spiro atoms. The molecule has 4 N–H and O–H groups in total. The number of carbonyl (C=O) groups is 3. The Morgan fingerprint density at radius 2 is 1.56 bits per heavy atom. The number of amides is 2. The van der Waals surface area contributed by atoms with Crippen LogP contribution in [0.4, 0.5) is 28.0 Å². The number of alkyl halides is 4. The van der Waals surface area contributed by atoms with E-state index < -0.39 is 47.3 Å². The van der Waals surface area contributed by atoms with E-state index in [0.29, 0.717) is 23.6 Å². The Bertz CT molecular complexity index is 2240. The van der Waals surface area contributed by atoms with Crippen molar-refractivity contribution in [2.45, 2.75) is 77.5 Å². The van der Waals surface area contributed by atoms with Crippen molar-refractivity contribution in [2.24, 2.45) is 0 Å². The molecule has 0 saturated carbocycles. The Morgan fingerprint density at radius 1 is 0.926 bits per heavy atom. The quantitative estimate of drug-likeness (QED) is 0.0858. The molecule has 0 aliphatic carbocycles. The van der Waals surface area contributed by atoms with Gasteiger partial charge in [-0.1, -0.05) is 24.3 Å². The number of ether oxygens (including phenoxy) is 2. The topological polar surface area (TPSA) is 173 Å². The van der Waals surface area contributed by atoms with E-state index in [0.717, 1.165) is 16.7 Å². The Labute approximate surface area is 306 Å². The summed E-state index contributed by atoms with van der Waals surface area (Å²) in [5, 5.41) is 15.7. The first kappa shape index (κ1) is 39.2. The lowest BCUT2D eigenvalue weighted by molar-refractivity contribution is -0.233. The molecule has 0 fully saturated rings. The van der Waals surface area contributed by atoms with Gasteiger partial charge in [-0.25, -0.2) is 14.3 Å². The van der Waals surface area contributed by atoms with Gasteiger partial charge in [0, 0.05) is 23.7 Å². The van der Waals surface area contributed by atoms with Crippen LogP contribution in [0.1, 0.15) is 57.6 Å². The number of aryl methyl sites for hydroxylation is 1. The molecule has 2 heterocycles. The Balaban J connectivity index is 1.33. The van der Waals surface area contributed by atoms with Crippen molar-refractivity contribution in [1.82, 2.24) is 30.3 Å². The van der Waals surface area contributed by atoms with Crippen molar-refractivity contribution >= 4 is 34.6 Å². The van der Waals surface area contributed by atoms with Crippen molar-refractivity contribution in [2.75, 3.05) is 12.4 Å². The second-order valence-corrected chi connectivity index (χ2v) is 13.9. The number of H-pyrrole nitrogens is 2. The number of anilines is 1. The zero-order valence-electron chi connectivity index (χ0n) is 30.4. The second-order valence-electron chi connectivity index (χ2n) is 13.9. The number of benzene rings is 3. The average Bonchev–Trinajstić information content (AvgIpc) is 3.73. The largest absolute Gasteiger partial charge is 0.464 e. The number of methoxy groups -OCH3 is 1. The molecular weight excluding hydrogens is 714 g/mol. The van der Waals surface area contributed by atoms with Crippen molar-refractivity contribution < 1.29 is 41.4 Å². The monoisotopic (exact) mass is 753 g/mol. The molecule has 5 aromatic rings. The average molecular weight is 754 g/mol. The van der Waals surface area contributed by atoms with Gasteiger partial charge in [0.1, 0.15) is 11.6 Å². The third-order valence-corrected chi connectivity index (χ3v) is 8.33. The van der Waals surface area contributed by atoms with Crippen molar-refractivity contribution in [1.29, 1.82) is 0 Å². The van der Waals surface area contributed by atoms with E-state index in [-0.39, 0.29) is 35.1 Å². The number of alkyl carbamates (subject to hydrolysis) is 1. The van der Waals surface area contributed by atoms with E-state index >= 15 is 0 Å². The molecule has 0 aliphatic rings. The molecule has 0 bridgehead atoms. The smallest absolute Gasteiger partial charge is 0.412 e. The van der Waals surface area contributed by atoms with Crippen LogP contribution in [0.5, 0.6) is 0 Å². The summed E-state index contributed by atoms with van der Waals surface area (Å²) < 4.78 is 67.7. The Morgan fingerprint density at radius 3 is 2.15 bits per heavy atom. The molecule has 1 atom stereocenters. The van der Waals surface area contributed by atoms with Crippen LogP contribution in [0.2, 0.25) is 0 Å². The molecule has 0 saturated heterocycles. The van der Waals surface area contributed by atoms with E-state index in [1.54, 1.807) is 25.5 Å². The van der Waals surface area contributed by atoms with Gasteiger partial charge in [0.15, 0.2) is 5.82 Å². The van der Waals surface area contributed by atoms with Crippen LogP contribution in [0.15, 0.2) is 65.5 Å². The number of rotatable bonds is 11. The molecule has 17 heteroatoms. The molecule has 5 rings (SSSR count). The second kappa shape index (κ2) is 14.8. The van der Waals surface area contributed by atoms with E-state index in [1.165, 1.54) is 24.3 Å². The number of hydrogen-bond acceptors (Lipinski definition) is 8. The number of halogens is 4. The van der Waals surface area contributed by atoms with Crippen LogP contribution in [0.3, 0.4) is 0 Å². The van der Waals surface area contributed by atoms with Gasteiger partial charge in [0.2, 0.25) is 11.7 Å². The van der Waals surface area contributed by atoms with E-state index in [4.69, 9.17) is 4.74 Å². The maximum absolute atomic E-state index is 14.4. The molecule has 0 aliphatic heterocycles. The zero-order chi connectivity index (χ0) is 39.7. The summed E-state index contributed by atoms with van der Waals surface area (Å²) in [4.78, 5) is 52.4. The van der Waals surface area contributed by atoms with Crippen LogP contribution in [-0.4, -0.2) is 67.6 Å². The van der Waals surface area contributed by atoms with Crippen LogP contribution in [0, 0.1) is 6.92 Å². The maximum atomic E-state index is 14.4. The van der Waals surface area contributed by atoms with E-state index in [2.05, 4.69) is 30.7 Å². The number of esters is 1. The normalized spacial score (nSPS) is 12.8. The highest BCUT2D eigenvalue weighted by molar-refractivity contribution is 5.97. The van der Waals surface area contributed by atoms with E-state index in [1.807, 2.05) is 62.2 Å². The molecule has 2 amide bonds. The lowest BCUT2D eigenvalue weighted by atomic mass is 9.96. The third-order valence-electron chi connectivity index (χ3n) is 8.33. The number of fused-ring (bicyclic) bond motifs is 1. The van der Waals surface area contributed by atoms with Crippen molar-refractivity contribution in [3.05, 3.63) is 88.0 Å². The van der Waals surface area contributed by atoms with Gasteiger partial charge in [0.25, 0.3) is 5.56 Å². The van der Waals surface area contributed by atoms with E-state index in [9.17, 15) is 36.7 Å². The van der Waals surface area contributed by atoms with Gasteiger partial charge in [-0.05, 0) is 100 Å². The summed E-state index contributed by atoms with van der Waals surface area (Å²) in [6.07, 6.45) is -0.756. The molecule has 13 nitrogen and oxygen atoms in total. The fourth-order valence-corrected chi connectivity index (χ4v) is 5.56. The lowest BCUT2D eigenvalue weighted by Crippen LogP contribution is -2.47. The molecule has 3 aromatic carbocycles. The molecule has 286 valence electrons. The minimum atomic E-state index is -5.21. The number of carbonyl (C=O) groups excluding carboxylic acids is 3. The number of aromatic nitrogens is 5. The van der Waals surface area contributed by atoms with Gasteiger partial charge in [-0.2, -0.15) is 17.6 Å². The Kier molecular flexibility index (Phi) is 10.7. The summed E-state index contributed by atoms with van der Waals surface area (Å²) in [5.74, 6) is -15.2. The van der Waals surface area contributed by atoms with Gasteiger partial charge in [-0.15, -0.1) is 10.2 Å². The van der Waals surface area contributed by atoms with Gasteiger partial charge < -0.3 is 25.1 Å². The van der Waals surface area contributed by atoms with Crippen LogP contribution in [0.25, 0.3) is 33.4 Å². The summed E-state index contributed by atoms with van der Waals surface area (Å²) >= 11 is 0. The third kappa shape index (κ3) is 8.14. The summed E-state index contributed by atoms with van der Waals surface area (Å²) in [6, 6.07) is 15.5. The summed E-state index contributed by atoms with van der Waals surface area (Å²) in [6.45, 7) is 10.8. The molecule has 0 radical (unpaired) electrons. The first-order chi connectivity index (χ1) is 25.2. The van der Waals surface area contributed by atoms with Gasteiger partial charge in [0.05, 0.1) is 18.0 Å². The molecule has 54 heavy (non-hydrogen) atoms. The standard InChI is InChI=1S/C37H39F4N7O6/c1-19(2)48-31(50)26-16-20(3)25(18-27(26)47-48)22-10-8-21(9-11-22)17-28(43-34(52)54-35(4,5)6)30(49)42-24-14-12-23(13-15-24)29-44-32(46-45-29)36(38,39)37(40,41)33(51)53-7/h8-16,18-19,28,47H,17H2,1-7H3,(H,42,49)(H,43,52)(H,44,45,46)/t28-/m0/s1. The van der Waals surface area contributed by atoms with Crippen molar-refractivity contribution in [3.8, 4) is 22.5 Å². The zero-order valence-corrected chi connectivity index (χ0v) is 30.4. The van der Waals surface area contributed by atoms with Crippen LogP contribution in [-0.2, 0) is 31.4 Å². The number of nitrogens with one attached hydrogen (secondary N) is 4. The highest BCUT2D eigenvalue weighted by Crippen LogP contribution is 2.42. The first-order valence-corrected chi connectivity index (χ1v) is 16.7. The van der Waals surface area contributed by atoms with Crippen LogP contribution >= 0.6 is 0 Å². The SMILES string of the molecule is COC(=O)C(F)(F)C(F)(F)c1nnc(-c2ccc(NC(=O)[C@H](Cc3ccc(-c4cc5[nH]n(C(C)C)c(=O)c5cc4C)cc3)NC(=O)OC(C)(C)C)cc2)[nH]1. The fraction of sp³-hybridized carbons (Fsp3) is 0.351. The number of aromatic amines is 2. The summed E-state index contributed by atoms with van der Waals surface area (Å²) in [7, 11) is 0.548. The number of hydrogen-bond donors (Lipinski definition) is 4. The summed E-state index contributed by atoms with van der Waals surface area (Å²) in [5.41, 5.74) is 3.54. The first-order valence-electron chi connectivity index (χ1n) is 16.7. The number of nitrogens with zero attached hydrogens (tertiary/aromatic N) is 3. The fourth-order valence-electron chi connectivity index (χ4n) is 5.56. The van der Waals surface area contributed by atoms with Crippen LogP contribution < -0.4 is 16.2 Å². The Hall–Kier alpha value is -6.00. The minimum absolute atomic E-state index is 0.0373. The highest BCUT2D eigenvalue weighted by atomic mass is 19.3. The molecule has 2 aromatic heterocycles. The minimum Gasteiger partial charge on any atom is -0.464 e. The maximum Gasteiger partial charge on any atom is 0.412 e. The predicted molar refractivity (Wildman–Crippen MR) is 191 cm³/mol. The highest BCUT2D eigenvalue weighted by Gasteiger charge is 2.66. The van der Waals surface area contributed by atoms with Gasteiger partial charge >= 0.3 is 23.9 Å². The molecule has 0 unspecified atom stereocenters.